The summed E-state index contributed by atoms with van der Waals surface area (Å²) in [5.74, 6) is 1.52. The van der Waals surface area contributed by atoms with Crippen molar-refractivity contribution < 1.29 is 23.7 Å². The molecule has 0 spiro atoms. The topological polar surface area (TPSA) is 47.9 Å². The van der Waals surface area contributed by atoms with Crippen molar-refractivity contribution in [3.63, 3.8) is 0 Å². The van der Waals surface area contributed by atoms with Gasteiger partial charge in [0.25, 0.3) is 0 Å². The average molecular weight is 410 g/mol. The smallest absolute Gasteiger partial charge is 0.131 e. The summed E-state index contributed by atoms with van der Waals surface area (Å²) in [5.41, 5.74) is 2.60. The van der Waals surface area contributed by atoms with E-state index in [9.17, 15) is 9.50 Å². The zero-order chi connectivity index (χ0) is 21.7. The van der Waals surface area contributed by atoms with Gasteiger partial charge in [0, 0.05) is 5.56 Å². The Hall–Kier alpha value is -3.05. The molecule has 3 aromatic rings. The van der Waals surface area contributed by atoms with Crippen LogP contribution in [0, 0.1) is 11.7 Å². The molecule has 3 rings (SSSR count). The maximum atomic E-state index is 14.6. The molecule has 1 atom stereocenters. The summed E-state index contributed by atoms with van der Waals surface area (Å²) in [6.45, 7) is 4.20. The van der Waals surface area contributed by atoms with Crippen LogP contribution in [0.1, 0.15) is 31.1 Å². The first kappa shape index (κ1) is 21.7. The molecule has 4 nitrogen and oxygen atoms in total. The number of hydrogen-bond acceptors (Lipinski definition) is 4. The van der Waals surface area contributed by atoms with Gasteiger partial charge < -0.3 is 19.3 Å². The number of ether oxygens (including phenoxy) is 3. The van der Waals surface area contributed by atoms with Crippen molar-refractivity contribution in [1.82, 2.24) is 0 Å². The molecule has 30 heavy (non-hydrogen) atoms. The van der Waals surface area contributed by atoms with Crippen molar-refractivity contribution in [3.05, 3.63) is 77.6 Å². The maximum Gasteiger partial charge on any atom is 0.131 e. The minimum atomic E-state index is -0.768. The zero-order valence-corrected chi connectivity index (χ0v) is 17.7. The van der Waals surface area contributed by atoms with Crippen molar-refractivity contribution >= 4 is 0 Å². The molecule has 0 amide bonds. The summed E-state index contributed by atoms with van der Waals surface area (Å²) in [7, 11) is 3.16. The van der Waals surface area contributed by atoms with Crippen molar-refractivity contribution in [1.29, 1.82) is 0 Å². The first-order valence-electron chi connectivity index (χ1n) is 9.84. The Morgan fingerprint density at radius 2 is 1.43 bits per heavy atom. The van der Waals surface area contributed by atoms with Gasteiger partial charge in [0.2, 0.25) is 0 Å². The second kappa shape index (κ2) is 9.63. The van der Waals surface area contributed by atoms with E-state index in [-0.39, 0.29) is 11.7 Å². The molecule has 5 heteroatoms. The first-order chi connectivity index (χ1) is 14.4. The predicted molar refractivity (Wildman–Crippen MR) is 116 cm³/mol. The number of rotatable bonds is 8. The Kier molecular flexibility index (Phi) is 6.95. The molecule has 0 bridgehead atoms. The lowest BCUT2D eigenvalue weighted by molar-refractivity contribution is 0.127. The van der Waals surface area contributed by atoms with Crippen LogP contribution in [0.4, 0.5) is 4.39 Å². The Balaban J connectivity index is 1.93. The second-order valence-corrected chi connectivity index (χ2v) is 7.42. The summed E-state index contributed by atoms with van der Waals surface area (Å²) in [6, 6.07) is 17.5. The van der Waals surface area contributed by atoms with Gasteiger partial charge >= 0.3 is 0 Å². The second-order valence-electron chi connectivity index (χ2n) is 7.42. The van der Waals surface area contributed by atoms with Gasteiger partial charge in [-0.25, -0.2) is 4.39 Å². The van der Waals surface area contributed by atoms with Gasteiger partial charge in [-0.1, -0.05) is 32.0 Å². The Bertz CT molecular complexity index is 983. The van der Waals surface area contributed by atoms with Gasteiger partial charge in [-0.05, 0) is 65.1 Å². The van der Waals surface area contributed by atoms with Crippen molar-refractivity contribution in [2.24, 2.45) is 5.92 Å². The quantitative estimate of drug-likeness (QED) is 0.511. The molecule has 0 saturated heterocycles. The molecular formula is C25H27FO4. The van der Waals surface area contributed by atoms with E-state index in [0.29, 0.717) is 34.8 Å². The fourth-order valence-electron chi connectivity index (χ4n) is 3.21. The van der Waals surface area contributed by atoms with Crippen LogP contribution in [-0.4, -0.2) is 19.3 Å². The van der Waals surface area contributed by atoms with E-state index in [1.54, 1.807) is 37.4 Å². The molecule has 0 aliphatic heterocycles. The summed E-state index contributed by atoms with van der Waals surface area (Å²) in [5, 5.41) is 10.8. The Labute approximate surface area is 176 Å². The Morgan fingerprint density at radius 1 is 0.800 bits per heavy atom. The highest BCUT2D eigenvalue weighted by Crippen LogP contribution is 2.37. The number of methoxy groups -OCH3 is 2. The summed E-state index contributed by atoms with van der Waals surface area (Å²) in [4.78, 5) is 0. The van der Waals surface area contributed by atoms with Crippen LogP contribution in [0.5, 0.6) is 17.2 Å². The standard InChI is InChI=1S/C25H27FO4/c1-16(2)25(27)23-14-20(30-15-17-5-7-18(28-3)8-6-17)9-11-21(23)22-13-19(29-4)10-12-24(22)26/h5-14,16,25,27H,15H2,1-4H3. The van der Waals surface area contributed by atoms with E-state index in [1.165, 1.54) is 13.2 Å². The van der Waals surface area contributed by atoms with Crippen LogP contribution in [0.3, 0.4) is 0 Å². The molecular weight excluding hydrogens is 383 g/mol. The SMILES string of the molecule is COc1ccc(COc2ccc(-c3cc(OC)ccc3F)c(C(O)C(C)C)c2)cc1. The third kappa shape index (κ3) is 4.92. The number of aliphatic hydroxyl groups excluding tert-OH is 1. The van der Waals surface area contributed by atoms with E-state index >= 15 is 0 Å². The molecule has 0 aliphatic rings. The normalized spacial score (nSPS) is 12.0. The van der Waals surface area contributed by atoms with Crippen LogP contribution in [-0.2, 0) is 6.61 Å². The van der Waals surface area contributed by atoms with Crippen LogP contribution in [0.25, 0.3) is 11.1 Å². The number of hydrogen-bond donors (Lipinski definition) is 1. The third-order valence-corrected chi connectivity index (χ3v) is 5.00. The molecule has 1 unspecified atom stereocenters. The molecule has 0 heterocycles. The molecule has 3 aromatic carbocycles. The minimum Gasteiger partial charge on any atom is -0.497 e. The van der Waals surface area contributed by atoms with Crippen LogP contribution in [0.15, 0.2) is 60.7 Å². The van der Waals surface area contributed by atoms with Gasteiger partial charge in [0.1, 0.15) is 29.7 Å². The summed E-state index contributed by atoms with van der Waals surface area (Å²) < 4.78 is 30.9. The zero-order valence-electron chi connectivity index (χ0n) is 17.7. The average Bonchev–Trinajstić information content (AvgIpc) is 2.77. The van der Waals surface area contributed by atoms with Crippen molar-refractivity contribution in [3.8, 4) is 28.4 Å². The first-order valence-corrected chi connectivity index (χ1v) is 9.84. The molecule has 0 radical (unpaired) electrons. The van der Waals surface area contributed by atoms with Gasteiger partial charge in [-0.3, -0.25) is 0 Å². The molecule has 1 N–H and O–H groups in total. The van der Waals surface area contributed by atoms with Gasteiger partial charge in [-0.2, -0.15) is 0 Å². The lowest BCUT2D eigenvalue weighted by Gasteiger charge is -2.21. The van der Waals surface area contributed by atoms with E-state index in [4.69, 9.17) is 14.2 Å². The fourth-order valence-corrected chi connectivity index (χ4v) is 3.21. The lowest BCUT2D eigenvalue weighted by atomic mass is 9.90. The van der Waals surface area contributed by atoms with E-state index in [2.05, 4.69) is 0 Å². The number of aliphatic hydroxyl groups is 1. The fraction of sp³-hybridized carbons (Fsp3) is 0.280. The molecule has 0 aliphatic carbocycles. The van der Waals surface area contributed by atoms with Gasteiger partial charge in [0.15, 0.2) is 0 Å². The lowest BCUT2D eigenvalue weighted by Crippen LogP contribution is -2.08. The van der Waals surface area contributed by atoms with Gasteiger partial charge in [0.05, 0.1) is 20.3 Å². The van der Waals surface area contributed by atoms with Crippen LogP contribution >= 0.6 is 0 Å². The molecule has 0 fully saturated rings. The summed E-state index contributed by atoms with van der Waals surface area (Å²) in [6.07, 6.45) is -0.768. The highest BCUT2D eigenvalue weighted by atomic mass is 19.1. The largest absolute Gasteiger partial charge is 0.497 e. The van der Waals surface area contributed by atoms with Crippen molar-refractivity contribution in [2.45, 2.75) is 26.6 Å². The van der Waals surface area contributed by atoms with Crippen LogP contribution in [0.2, 0.25) is 0 Å². The minimum absolute atomic E-state index is 0.0470. The van der Waals surface area contributed by atoms with E-state index in [0.717, 1.165) is 11.3 Å². The Morgan fingerprint density at radius 3 is 2.07 bits per heavy atom. The molecule has 0 aromatic heterocycles. The number of halogens is 1. The van der Waals surface area contributed by atoms with E-state index in [1.807, 2.05) is 38.1 Å². The van der Waals surface area contributed by atoms with E-state index < -0.39 is 6.10 Å². The highest BCUT2D eigenvalue weighted by Gasteiger charge is 2.20. The van der Waals surface area contributed by atoms with Crippen molar-refractivity contribution in [2.75, 3.05) is 14.2 Å². The van der Waals surface area contributed by atoms with Crippen LogP contribution < -0.4 is 14.2 Å². The highest BCUT2D eigenvalue weighted by molar-refractivity contribution is 5.71. The molecule has 0 saturated carbocycles. The monoisotopic (exact) mass is 410 g/mol. The molecule has 158 valence electrons. The predicted octanol–water partition coefficient (Wildman–Crippen LogP) is 5.78. The number of benzene rings is 3. The summed E-state index contributed by atoms with van der Waals surface area (Å²) >= 11 is 0. The van der Waals surface area contributed by atoms with Gasteiger partial charge in [-0.15, -0.1) is 0 Å². The maximum absolute atomic E-state index is 14.6. The third-order valence-electron chi connectivity index (χ3n) is 5.00.